The van der Waals surface area contributed by atoms with E-state index in [1.54, 1.807) is 6.20 Å². The van der Waals surface area contributed by atoms with E-state index in [1.807, 2.05) is 24.3 Å². The zero-order chi connectivity index (χ0) is 8.39. The van der Waals surface area contributed by atoms with Crippen molar-refractivity contribution in [2.24, 2.45) is 0 Å². The quantitative estimate of drug-likeness (QED) is 0.534. The van der Waals surface area contributed by atoms with Crippen LogP contribution < -0.4 is 0 Å². The first-order valence-electron chi connectivity index (χ1n) is 3.74. The van der Waals surface area contributed by atoms with Gasteiger partial charge in [0.15, 0.2) is 0 Å². The molecule has 0 saturated heterocycles. The van der Waals surface area contributed by atoms with Gasteiger partial charge in [-0.25, -0.2) is 0 Å². The second kappa shape index (κ2) is 4.21. The normalized spacial score (nSPS) is 9.31. The second-order valence-corrected chi connectivity index (χ2v) is 2.69. The van der Waals surface area contributed by atoms with Crippen LogP contribution in [0.1, 0.15) is 5.56 Å². The fourth-order valence-electron chi connectivity index (χ4n) is 1.04. The molecule has 1 aromatic heterocycles. The number of aromatic nitrogens is 3. The Morgan fingerprint density at radius 2 is 1.85 bits per heavy atom. The first-order chi connectivity index (χ1) is 5.86. The van der Waals surface area contributed by atoms with Gasteiger partial charge in [-0.1, -0.05) is 10.8 Å². The van der Waals surface area contributed by atoms with E-state index >= 15 is 0 Å². The van der Waals surface area contributed by atoms with Crippen LogP contribution in [0.5, 0.6) is 0 Å². The standard InChI is InChI=1S/C9H8N3.Fe/c1-7-2-4-8(5-3-7)9-6-10-12-11-9;/h2-6H,1H3;/q-1;. The van der Waals surface area contributed by atoms with Crippen LogP contribution in [0.2, 0.25) is 0 Å². The molecule has 0 N–H and O–H groups in total. The van der Waals surface area contributed by atoms with Gasteiger partial charge in [-0.15, -0.1) is 12.1 Å². The molecule has 2 rings (SSSR count). The number of nitrogens with zero attached hydrogens (tertiary/aromatic N) is 3. The van der Waals surface area contributed by atoms with Gasteiger partial charge < -0.3 is 0 Å². The van der Waals surface area contributed by atoms with Crippen LogP contribution in [0, 0.1) is 6.92 Å². The average Bonchev–Trinajstić information content (AvgIpc) is 2.58. The summed E-state index contributed by atoms with van der Waals surface area (Å²) in [4.78, 5) is 0. The van der Waals surface area contributed by atoms with Gasteiger partial charge in [0, 0.05) is 29.0 Å². The Morgan fingerprint density at radius 3 is 2.38 bits per heavy atom. The molecule has 1 heterocycles. The summed E-state index contributed by atoms with van der Waals surface area (Å²) in [7, 11) is 0. The zero-order valence-corrected chi connectivity index (χ0v) is 8.19. The first-order valence-corrected chi connectivity index (χ1v) is 3.74. The van der Waals surface area contributed by atoms with Crippen LogP contribution in [0.25, 0.3) is 11.3 Å². The molecule has 0 aliphatic carbocycles. The zero-order valence-electron chi connectivity index (χ0n) is 7.08. The number of hydrogen-bond acceptors (Lipinski definition) is 3. The predicted octanol–water partition coefficient (Wildman–Crippen LogP) is 1.56. The molecule has 68 valence electrons. The number of rotatable bonds is 1. The summed E-state index contributed by atoms with van der Waals surface area (Å²) >= 11 is 0. The third-order valence-electron chi connectivity index (χ3n) is 1.73. The van der Waals surface area contributed by atoms with Crippen molar-refractivity contribution in [3.05, 3.63) is 36.0 Å². The van der Waals surface area contributed by atoms with E-state index in [-0.39, 0.29) is 17.1 Å². The van der Waals surface area contributed by atoms with E-state index < -0.39 is 0 Å². The molecule has 4 heteroatoms. The largest absolute Gasteiger partial charge is 0.196 e. The van der Waals surface area contributed by atoms with E-state index in [9.17, 15) is 0 Å². The molecule has 0 fully saturated rings. The van der Waals surface area contributed by atoms with Crippen molar-refractivity contribution in [2.75, 3.05) is 0 Å². The Balaban J connectivity index is 0.000000845. The summed E-state index contributed by atoms with van der Waals surface area (Å²) in [5.74, 6) is 0. The Morgan fingerprint density at radius 1 is 1.15 bits per heavy atom. The smallest absolute Gasteiger partial charge is 0.0236 e. The molecule has 0 bridgehead atoms. The predicted molar refractivity (Wildman–Crippen MR) is 45.6 cm³/mol. The maximum absolute atomic E-state index is 3.86. The summed E-state index contributed by atoms with van der Waals surface area (Å²) in [6, 6.07) is 8.12. The van der Waals surface area contributed by atoms with Gasteiger partial charge in [0.25, 0.3) is 0 Å². The van der Waals surface area contributed by atoms with E-state index in [0.29, 0.717) is 0 Å². The van der Waals surface area contributed by atoms with Gasteiger partial charge in [-0.05, 0) is 6.92 Å². The molecule has 0 saturated carbocycles. The van der Waals surface area contributed by atoms with Gasteiger partial charge in [-0.3, -0.25) is 0 Å². The minimum atomic E-state index is 0. The molecule has 0 radical (unpaired) electrons. The first kappa shape index (κ1) is 9.96. The van der Waals surface area contributed by atoms with Crippen LogP contribution in [0.4, 0.5) is 0 Å². The summed E-state index contributed by atoms with van der Waals surface area (Å²) in [5, 5.41) is 11.0. The fraction of sp³-hybridized carbons (Fsp3) is 0.111. The van der Waals surface area contributed by atoms with Crippen molar-refractivity contribution in [2.45, 2.75) is 6.92 Å². The Bertz CT molecular complexity index is 353. The van der Waals surface area contributed by atoms with Crippen molar-refractivity contribution in [3.63, 3.8) is 0 Å². The van der Waals surface area contributed by atoms with Gasteiger partial charge in [0.1, 0.15) is 0 Å². The summed E-state index contributed by atoms with van der Waals surface area (Å²) < 4.78 is 0. The number of aryl methyl sites for hydroxylation is 1. The maximum atomic E-state index is 3.86. The molecule has 0 aliphatic heterocycles. The molecule has 0 spiro atoms. The molecule has 0 unspecified atom stereocenters. The molecule has 0 aliphatic rings. The van der Waals surface area contributed by atoms with Gasteiger partial charge in [0.05, 0.1) is 0 Å². The number of hydrogen-bond donors (Lipinski definition) is 0. The third-order valence-corrected chi connectivity index (χ3v) is 1.73. The van der Waals surface area contributed by atoms with Crippen molar-refractivity contribution in [3.8, 4) is 11.3 Å². The summed E-state index contributed by atoms with van der Waals surface area (Å²) in [6.07, 6.45) is 1.66. The van der Waals surface area contributed by atoms with Crippen LogP contribution in [0.3, 0.4) is 0 Å². The summed E-state index contributed by atoms with van der Waals surface area (Å²) in [6.45, 7) is 2.05. The second-order valence-electron chi connectivity index (χ2n) is 2.69. The average molecular weight is 214 g/mol. The Kier molecular flexibility index (Phi) is 3.23. The van der Waals surface area contributed by atoms with Crippen molar-refractivity contribution in [1.29, 1.82) is 0 Å². The molecular weight excluding hydrogens is 206 g/mol. The molecule has 0 amide bonds. The van der Waals surface area contributed by atoms with Crippen molar-refractivity contribution < 1.29 is 17.1 Å². The monoisotopic (exact) mass is 214 g/mol. The van der Waals surface area contributed by atoms with Gasteiger partial charge >= 0.3 is 0 Å². The minimum Gasteiger partial charge on any atom is -0.196 e. The van der Waals surface area contributed by atoms with Crippen LogP contribution in [-0.4, -0.2) is 15.4 Å². The third kappa shape index (κ3) is 2.17. The van der Waals surface area contributed by atoms with Crippen LogP contribution in [-0.2, 0) is 17.1 Å². The number of benzene rings is 1. The molecule has 2 aromatic rings. The summed E-state index contributed by atoms with van der Waals surface area (Å²) in [5.41, 5.74) is 3.13. The minimum absolute atomic E-state index is 0. The van der Waals surface area contributed by atoms with E-state index in [1.165, 1.54) is 5.56 Å². The molecule has 1 aromatic carbocycles. The van der Waals surface area contributed by atoms with Crippen LogP contribution >= 0.6 is 0 Å². The molecule has 0 atom stereocenters. The fourth-order valence-corrected chi connectivity index (χ4v) is 1.04. The van der Waals surface area contributed by atoms with E-state index in [0.717, 1.165) is 11.3 Å². The van der Waals surface area contributed by atoms with E-state index in [2.05, 4.69) is 22.3 Å². The van der Waals surface area contributed by atoms with E-state index in [4.69, 9.17) is 0 Å². The SMILES string of the molecule is Cc1ccc(-[c-]2cnnn2)cc1.[Fe]. The Hall–Kier alpha value is -1.12. The molecule has 13 heavy (non-hydrogen) atoms. The Labute approximate surface area is 87.0 Å². The molecular formula is C9H8FeN3-. The van der Waals surface area contributed by atoms with Gasteiger partial charge in [-0.2, -0.15) is 27.9 Å². The maximum Gasteiger partial charge on any atom is 0.0236 e. The van der Waals surface area contributed by atoms with Gasteiger partial charge in [0.2, 0.25) is 0 Å². The van der Waals surface area contributed by atoms with Crippen molar-refractivity contribution >= 4 is 0 Å². The van der Waals surface area contributed by atoms with Crippen LogP contribution in [0.15, 0.2) is 30.5 Å². The van der Waals surface area contributed by atoms with Crippen molar-refractivity contribution in [1.82, 2.24) is 15.4 Å². The molecule has 3 nitrogen and oxygen atoms in total. The topological polar surface area (TPSA) is 38.7 Å².